The Labute approximate surface area is 185 Å². The maximum atomic E-state index is 13.6. The number of halogens is 1. The number of rotatable bonds is 8. The number of likely N-dealkylation sites (tertiary alicyclic amines) is 1. The second-order valence-corrected chi connectivity index (χ2v) is 8.58. The molecule has 0 unspecified atom stereocenters. The van der Waals surface area contributed by atoms with E-state index in [0.717, 1.165) is 33.9 Å². The minimum atomic E-state index is -0.772. The van der Waals surface area contributed by atoms with Gasteiger partial charge in [0.25, 0.3) is 0 Å². The van der Waals surface area contributed by atoms with E-state index in [1.165, 1.54) is 23.9 Å². The largest absolute Gasteiger partial charge is 0.491 e. The maximum Gasteiger partial charge on any atom is 0.320 e. The molecule has 1 fully saturated rings. The summed E-state index contributed by atoms with van der Waals surface area (Å²) in [5.41, 5.74) is 2.11. The number of carbonyl (C=O) groups is 1. The van der Waals surface area contributed by atoms with Crippen molar-refractivity contribution in [3.05, 3.63) is 78.6 Å². The molecule has 3 aromatic rings. The molecule has 4 rings (SSSR count). The van der Waals surface area contributed by atoms with Gasteiger partial charge in [0.15, 0.2) is 0 Å². The Hall–Kier alpha value is -2.83. The number of aliphatic carboxylic acids is 1. The summed E-state index contributed by atoms with van der Waals surface area (Å²) in [6.07, 6.45) is 1.57. The fraction of sp³-hybridized carbons (Fsp3) is 0.240. The van der Waals surface area contributed by atoms with Gasteiger partial charge in [-0.2, -0.15) is 0 Å². The summed E-state index contributed by atoms with van der Waals surface area (Å²) in [7, 11) is 0. The van der Waals surface area contributed by atoms with Gasteiger partial charge in [-0.05, 0) is 60.8 Å². The number of benzene rings is 3. The van der Waals surface area contributed by atoms with E-state index in [-0.39, 0.29) is 5.82 Å². The molecule has 1 atom stereocenters. The van der Waals surface area contributed by atoms with E-state index in [0.29, 0.717) is 25.3 Å². The van der Waals surface area contributed by atoms with Gasteiger partial charge < -0.3 is 9.84 Å². The van der Waals surface area contributed by atoms with Crippen LogP contribution in [0.2, 0.25) is 0 Å². The maximum absolute atomic E-state index is 13.6. The van der Waals surface area contributed by atoms with E-state index in [1.807, 2.05) is 59.5 Å². The number of hydrogen-bond acceptors (Lipinski definition) is 4. The lowest BCUT2D eigenvalue weighted by Crippen LogP contribution is -2.38. The molecule has 1 saturated heterocycles. The second kappa shape index (κ2) is 9.98. The molecule has 1 heterocycles. The van der Waals surface area contributed by atoms with Crippen molar-refractivity contribution in [2.75, 3.05) is 19.7 Å². The average Bonchev–Trinajstić information content (AvgIpc) is 3.24. The van der Waals surface area contributed by atoms with Gasteiger partial charge in [-0.3, -0.25) is 9.69 Å². The Balaban J connectivity index is 1.54. The van der Waals surface area contributed by atoms with Crippen LogP contribution < -0.4 is 4.74 Å². The van der Waals surface area contributed by atoms with Crippen LogP contribution in [0.25, 0.3) is 11.1 Å². The zero-order chi connectivity index (χ0) is 21.6. The molecule has 0 radical (unpaired) electrons. The van der Waals surface area contributed by atoms with Crippen molar-refractivity contribution in [3.8, 4) is 16.9 Å². The standard InChI is InChI=1S/C25H24FNO3S/c26-20-8-4-9-21(17-20)31-24-12-11-19(18-6-2-1-3-7-18)16-23(24)30-15-14-27-13-5-10-22(27)25(28)29/h1-4,6-9,11-12,16-17,22H,5,10,13-15H2,(H,28,29)/t22-/m0/s1. The Morgan fingerprint density at radius 1 is 1.06 bits per heavy atom. The lowest BCUT2D eigenvalue weighted by atomic mass is 10.1. The first-order chi connectivity index (χ1) is 15.1. The van der Waals surface area contributed by atoms with Crippen LogP contribution in [-0.2, 0) is 4.79 Å². The number of ether oxygens (including phenoxy) is 1. The molecule has 0 amide bonds. The highest BCUT2D eigenvalue weighted by molar-refractivity contribution is 7.99. The third-order valence-electron chi connectivity index (χ3n) is 5.36. The van der Waals surface area contributed by atoms with Crippen LogP contribution in [0.15, 0.2) is 82.6 Å². The van der Waals surface area contributed by atoms with Crippen molar-refractivity contribution in [1.29, 1.82) is 0 Å². The predicted molar refractivity (Wildman–Crippen MR) is 120 cm³/mol. The van der Waals surface area contributed by atoms with Crippen LogP contribution in [0.5, 0.6) is 5.75 Å². The number of carboxylic acids is 1. The van der Waals surface area contributed by atoms with Crippen LogP contribution in [-0.4, -0.2) is 41.7 Å². The Bertz CT molecular complexity index is 1040. The van der Waals surface area contributed by atoms with Gasteiger partial charge in [0.1, 0.15) is 24.2 Å². The van der Waals surface area contributed by atoms with Gasteiger partial charge in [0, 0.05) is 11.4 Å². The Morgan fingerprint density at radius 2 is 1.90 bits per heavy atom. The molecule has 1 N–H and O–H groups in total. The molecule has 0 saturated carbocycles. The summed E-state index contributed by atoms with van der Waals surface area (Å²) in [6, 6.07) is 22.1. The average molecular weight is 438 g/mol. The van der Waals surface area contributed by atoms with E-state index in [1.54, 1.807) is 6.07 Å². The molecule has 0 bridgehead atoms. The first-order valence-electron chi connectivity index (χ1n) is 10.3. The van der Waals surface area contributed by atoms with Gasteiger partial charge in [0.2, 0.25) is 0 Å². The first-order valence-corrected chi connectivity index (χ1v) is 11.1. The third-order valence-corrected chi connectivity index (χ3v) is 6.41. The minimum Gasteiger partial charge on any atom is -0.491 e. The predicted octanol–water partition coefficient (Wildman–Crippen LogP) is 5.57. The smallest absolute Gasteiger partial charge is 0.320 e. The first kappa shape index (κ1) is 21.4. The summed E-state index contributed by atoms with van der Waals surface area (Å²) in [5, 5.41) is 9.38. The van der Waals surface area contributed by atoms with E-state index >= 15 is 0 Å². The number of nitrogens with zero attached hydrogens (tertiary/aromatic N) is 1. The Kier molecular flexibility index (Phi) is 6.89. The Morgan fingerprint density at radius 3 is 2.68 bits per heavy atom. The fourth-order valence-corrected chi connectivity index (χ4v) is 4.75. The fourth-order valence-electron chi connectivity index (χ4n) is 3.82. The second-order valence-electron chi connectivity index (χ2n) is 7.47. The normalized spacial score (nSPS) is 16.4. The molecule has 1 aliphatic rings. The molecule has 6 heteroatoms. The SMILES string of the molecule is O=C(O)[C@@H]1CCCN1CCOc1cc(-c2ccccc2)ccc1Sc1cccc(F)c1. The molecule has 0 spiro atoms. The zero-order valence-electron chi connectivity index (χ0n) is 17.0. The van der Waals surface area contributed by atoms with E-state index in [2.05, 4.69) is 0 Å². The molecule has 160 valence electrons. The third kappa shape index (κ3) is 5.46. The monoisotopic (exact) mass is 437 g/mol. The van der Waals surface area contributed by atoms with Gasteiger partial charge in [-0.15, -0.1) is 0 Å². The van der Waals surface area contributed by atoms with Gasteiger partial charge >= 0.3 is 5.97 Å². The highest BCUT2D eigenvalue weighted by atomic mass is 32.2. The van der Waals surface area contributed by atoms with Gasteiger partial charge in [0.05, 0.1) is 4.90 Å². The van der Waals surface area contributed by atoms with E-state index in [9.17, 15) is 14.3 Å². The van der Waals surface area contributed by atoms with Crippen molar-refractivity contribution in [2.24, 2.45) is 0 Å². The van der Waals surface area contributed by atoms with Crippen molar-refractivity contribution >= 4 is 17.7 Å². The van der Waals surface area contributed by atoms with E-state index < -0.39 is 12.0 Å². The summed E-state index contributed by atoms with van der Waals surface area (Å²) in [4.78, 5) is 15.1. The van der Waals surface area contributed by atoms with Crippen molar-refractivity contribution in [3.63, 3.8) is 0 Å². The molecule has 3 aromatic carbocycles. The number of carboxylic acid groups (broad SMARTS) is 1. The molecule has 0 aliphatic carbocycles. The van der Waals surface area contributed by atoms with Gasteiger partial charge in [-0.25, -0.2) is 4.39 Å². The van der Waals surface area contributed by atoms with Crippen LogP contribution >= 0.6 is 11.8 Å². The summed E-state index contributed by atoms with van der Waals surface area (Å²) in [5.74, 6) is -0.338. The van der Waals surface area contributed by atoms with Crippen molar-refractivity contribution in [1.82, 2.24) is 4.90 Å². The topological polar surface area (TPSA) is 49.8 Å². The van der Waals surface area contributed by atoms with Crippen LogP contribution in [0.4, 0.5) is 4.39 Å². The van der Waals surface area contributed by atoms with Crippen LogP contribution in [0.1, 0.15) is 12.8 Å². The van der Waals surface area contributed by atoms with Crippen molar-refractivity contribution < 1.29 is 19.0 Å². The molecule has 0 aromatic heterocycles. The highest BCUT2D eigenvalue weighted by Crippen LogP contribution is 2.38. The molecular weight excluding hydrogens is 413 g/mol. The molecule has 1 aliphatic heterocycles. The van der Waals surface area contributed by atoms with Gasteiger partial charge in [-0.1, -0.05) is 54.2 Å². The lowest BCUT2D eigenvalue weighted by molar-refractivity contribution is -0.142. The number of hydrogen-bond donors (Lipinski definition) is 1. The molecule has 31 heavy (non-hydrogen) atoms. The van der Waals surface area contributed by atoms with E-state index in [4.69, 9.17) is 4.74 Å². The molecule has 4 nitrogen and oxygen atoms in total. The molecular formula is C25H24FNO3S. The lowest BCUT2D eigenvalue weighted by Gasteiger charge is -2.21. The highest BCUT2D eigenvalue weighted by Gasteiger charge is 2.30. The van der Waals surface area contributed by atoms with Crippen molar-refractivity contribution in [2.45, 2.75) is 28.7 Å². The zero-order valence-corrected chi connectivity index (χ0v) is 17.9. The summed E-state index contributed by atoms with van der Waals surface area (Å²) < 4.78 is 19.8. The summed E-state index contributed by atoms with van der Waals surface area (Å²) in [6.45, 7) is 1.71. The minimum absolute atomic E-state index is 0.276. The van der Waals surface area contributed by atoms with Crippen LogP contribution in [0, 0.1) is 5.82 Å². The summed E-state index contributed by atoms with van der Waals surface area (Å²) >= 11 is 1.45. The quantitative estimate of drug-likeness (QED) is 0.499. The van der Waals surface area contributed by atoms with Crippen LogP contribution in [0.3, 0.4) is 0 Å².